The monoisotopic (exact) mass is 197 g/mol. The van der Waals surface area contributed by atoms with Crippen LogP contribution < -0.4 is 11.1 Å². The maximum absolute atomic E-state index is 11.3. The second-order valence-corrected chi connectivity index (χ2v) is 2.99. The van der Waals surface area contributed by atoms with E-state index in [1.165, 1.54) is 0 Å². The Bertz CT molecular complexity index is 284. The number of halogens is 1. The van der Waals surface area contributed by atoms with Crippen molar-refractivity contribution in [2.75, 3.05) is 13.1 Å². The van der Waals surface area contributed by atoms with E-state index in [2.05, 4.69) is 5.32 Å². The standard InChI is InChI=1S/C9H11ClN2O/c10-8-3-1-7(2-4-8)9(13)12-6-5-11/h1-4H,5-6,11H2,(H,12,13)/i9-1. The fourth-order valence-corrected chi connectivity index (χ4v) is 1.02. The van der Waals surface area contributed by atoms with Crippen molar-refractivity contribution in [2.45, 2.75) is 0 Å². The highest BCUT2D eigenvalue weighted by atomic mass is 35.5. The fraction of sp³-hybridized carbons (Fsp3) is 0.222. The summed E-state index contributed by atoms with van der Waals surface area (Å²) in [7, 11) is 0. The SMILES string of the molecule is NCCN[11C](=O)c1ccc(Cl)cc1. The molecule has 0 aromatic heterocycles. The molecule has 1 rings (SSSR count). The fourth-order valence-electron chi connectivity index (χ4n) is 0.889. The molecule has 3 N–H and O–H groups in total. The van der Waals surface area contributed by atoms with E-state index in [1.807, 2.05) is 0 Å². The molecule has 0 atom stereocenters. The zero-order chi connectivity index (χ0) is 9.68. The summed E-state index contributed by atoms with van der Waals surface area (Å²) in [5.41, 5.74) is 5.84. The number of nitrogens with two attached hydrogens (primary N) is 1. The van der Waals surface area contributed by atoms with E-state index < -0.39 is 0 Å². The van der Waals surface area contributed by atoms with Crippen LogP contribution in [0.4, 0.5) is 0 Å². The maximum atomic E-state index is 11.3. The molecule has 0 fully saturated rings. The largest absolute Gasteiger partial charge is 0.351 e. The number of hydrogen-bond acceptors (Lipinski definition) is 2. The van der Waals surface area contributed by atoms with Gasteiger partial charge >= 0.3 is 0 Å². The van der Waals surface area contributed by atoms with Crippen molar-refractivity contribution in [3.8, 4) is 0 Å². The predicted molar refractivity (Wildman–Crippen MR) is 52.8 cm³/mol. The topological polar surface area (TPSA) is 55.1 Å². The molecule has 0 aliphatic carbocycles. The number of rotatable bonds is 3. The number of carbonyl (C=O) groups is 1. The minimum Gasteiger partial charge on any atom is -0.351 e. The van der Waals surface area contributed by atoms with Crippen LogP contribution in [-0.4, -0.2) is 19.0 Å². The highest BCUT2D eigenvalue weighted by molar-refractivity contribution is 6.30. The zero-order valence-electron chi connectivity index (χ0n) is 7.09. The van der Waals surface area contributed by atoms with Crippen molar-refractivity contribution in [1.29, 1.82) is 0 Å². The summed E-state index contributed by atoms with van der Waals surface area (Å²) in [6.07, 6.45) is 0. The highest BCUT2D eigenvalue weighted by Crippen LogP contribution is 2.08. The van der Waals surface area contributed by atoms with Crippen LogP contribution in [0.3, 0.4) is 0 Å². The molecular weight excluding hydrogens is 187 g/mol. The Morgan fingerprint density at radius 2 is 2.00 bits per heavy atom. The molecule has 70 valence electrons. The van der Waals surface area contributed by atoms with Crippen LogP contribution in [0.2, 0.25) is 5.02 Å². The van der Waals surface area contributed by atoms with E-state index in [1.54, 1.807) is 24.3 Å². The van der Waals surface area contributed by atoms with Gasteiger partial charge in [0.15, 0.2) is 0 Å². The van der Waals surface area contributed by atoms with E-state index in [9.17, 15) is 4.79 Å². The van der Waals surface area contributed by atoms with Crippen molar-refractivity contribution in [3.05, 3.63) is 34.9 Å². The van der Waals surface area contributed by atoms with Crippen LogP contribution in [0.5, 0.6) is 0 Å². The lowest BCUT2D eigenvalue weighted by Gasteiger charge is -2.02. The number of amides is 1. The third kappa shape index (κ3) is 3.05. The van der Waals surface area contributed by atoms with Gasteiger partial charge in [-0.1, -0.05) is 11.6 Å². The van der Waals surface area contributed by atoms with Crippen molar-refractivity contribution >= 4 is 17.5 Å². The second-order valence-electron chi connectivity index (χ2n) is 2.55. The van der Waals surface area contributed by atoms with Gasteiger partial charge in [0.05, 0.1) is 0 Å². The average molecular weight is 198 g/mol. The summed E-state index contributed by atoms with van der Waals surface area (Å²) < 4.78 is 0. The number of hydrogen-bond donors (Lipinski definition) is 2. The van der Waals surface area contributed by atoms with E-state index >= 15 is 0 Å². The van der Waals surface area contributed by atoms with Crippen molar-refractivity contribution in [1.82, 2.24) is 5.32 Å². The number of carbonyl (C=O) groups excluding carboxylic acids is 1. The first-order valence-corrected chi connectivity index (χ1v) is 4.35. The van der Waals surface area contributed by atoms with Crippen molar-refractivity contribution in [2.24, 2.45) is 5.73 Å². The summed E-state index contributed by atoms with van der Waals surface area (Å²) in [6.45, 7) is 0.931. The van der Waals surface area contributed by atoms with E-state index in [4.69, 9.17) is 17.3 Å². The minimum atomic E-state index is -0.123. The van der Waals surface area contributed by atoms with E-state index in [0.29, 0.717) is 23.7 Å². The predicted octanol–water partition coefficient (Wildman–Crippen LogP) is 1.03. The Morgan fingerprint density at radius 3 is 2.54 bits per heavy atom. The molecule has 0 saturated heterocycles. The molecular formula is C9H11ClN2O. The lowest BCUT2D eigenvalue weighted by atomic mass is 9.89. The molecule has 0 aliphatic heterocycles. The van der Waals surface area contributed by atoms with Crippen molar-refractivity contribution in [3.63, 3.8) is 0 Å². The first-order valence-electron chi connectivity index (χ1n) is 3.98. The van der Waals surface area contributed by atoms with Gasteiger partial charge in [-0.05, 0) is 24.3 Å². The normalized spacial score (nSPS) is 9.69. The molecule has 1 aromatic carbocycles. The molecule has 4 heteroatoms. The van der Waals surface area contributed by atoms with Gasteiger partial charge in [0.2, 0.25) is 0 Å². The third-order valence-electron chi connectivity index (χ3n) is 1.54. The summed E-state index contributed by atoms with van der Waals surface area (Å²) in [5, 5.41) is 3.28. The number of nitrogens with one attached hydrogen (secondary N) is 1. The Kier molecular flexibility index (Phi) is 3.73. The zero-order valence-corrected chi connectivity index (χ0v) is 7.84. The quantitative estimate of drug-likeness (QED) is 0.761. The van der Waals surface area contributed by atoms with Gasteiger partial charge in [-0.25, -0.2) is 0 Å². The highest BCUT2D eigenvalue weighted by Gasteiger charge is 2.02. The van der Waals surface area contributed by atoms with Gasteiger partial charge in [-0.15, -0.1) is 0 Å². The van der Waals surface area contributed by atoms with Gasteiger partial charge in [0.25, 0.3) is 5.91 Å². The summed E-state index contributed by atoms with van der Waals surface area (Å²) in [5.74, 6) is -0.123. The molecule has 0 aliphatic rings. The molecule has 1 aromatic rings. The first kappa shape index (κ1) is 10.0. The van der Waals surface area contributed by atoms with Gasteiger partial charge < -0.3 is 11.1 Å². The molecule has 3 nitrogen and oxygen atoms in total. The molecule has 0 bridgehead atoms. The summed E-state index contributed by atoms with van der Waals surface area (Å²) in [6, 6.07) is 6.71. The molecule has 0 heterocycles. The molecule has 0 saturated carbocycles. The minimum absolute atomic E-state index is 0.123. The van der Waals surface area contributed by atoms with Gasteiger partial charge in [-0.3, -0.25) is 4.79 Å². The third-order valence-corrected chi connectivity index (χ3v) is 1.79. The molecule has 13 heavy (non-hydrogen) atoms. The van der Waals surface area contributed by atoms with Crippen LogP contribution in [0.15, 0.2) is 24.3 Å². The summed E-state index contributed by atoms with van der Waals surface area (Å²) >= 11 is 5.67. The Balaban J connectivity index is 2.61. The van der Waals surface area contributed by atoms with Crippen LogP contribution in [-0.2, 0) is 0 Å². The Labute approximate surface area is 81.9 Å². The van der Waals surface area contributed by atoms with Crippen LogP contribution in [0, 0.1) is 0 Å². The lowest BCUT2D eigenvalue weighted by molar-refractivity contribution is 0.0955. The molecule has 0 spiro atoms. The molecule has 0 radical (unpaired) electrons. The molecule has 1 amide bonds. The smallest absolute Gasteiger partial charge is 0.251 e. The number of benzene rings is 1. The van der Waals surface area contributed by atoms with Gasteiger partial charge in [0, 0.05) is 23.7 Å². The molecule has 0 unspecified atom stereocenters. The first-order chi connectivity index (χ1) is 6.24. The van der Waals surface area contributed by atoms with E-state index in [0.717, 1.165) is 0 Å². The van der Waals surface area contributed by atoms with Crippen LogP contribution in [0.25, 0.3) is 0 Å². The van der Waals surface area contributed by atoms with Crippen molar-refractivity contribution < 1.29 is 4.79 Å². The van der Waals surface area contributed by atoms with E-state index in [-0.39, 0.29) is 5.91 Å². The maximum Gasteiger partial charge on any atom is 0.251 e. The van der Waals surface area contributed by atoms with Gasteiger partial charge in [-0.2, -0.15) is 0 Å². The van der Waals surface area contributed by atoms with Gasteiger partial charge in [0.1, 0.15) is 0 Å². The summed E-state index contributed by atoms with van der Waals surface area (Å²) in [4.78, 5) is 11.3. The Morgan fingerprint density at radius 1 is 1.38 bits per heavy atom. The van der Waals surface area contributed by atoms with Crippen LogP contribution >= 0.6 is 11.6 Å². The average Bonchev–Trinajstić information content (AvgIpc) is 2.15. The van der Waals surface area contributed by atoms with Crippen LogP contribution in [0.1, 0.15) is 10.4 Å². The lowest BCUT2D eigenvalue weighted by Crippen LogP contribution is -2.28. The Hall–Kier alpha value is -1.06. The second kappa shape index (κ2) is 4.84.